The van der Waals surface area contributed by atoms with Crippen LogP contribution in [0.4, 0.5) is 0 Å². The zero-order valence-corrected chi connectivity index (χ0v) is 15.4. The molecule has 0 aromatic heterocycles. The minimum Gasteiger partial charge on any atom is -0.396 e. The molecule has 0 spiro atoms. The van der Waals surface area contributed by atoms with Crippen molar-refractivity contribution >= 4 is 0 Å². The number of methoxy groups -OCH3 is 1. The lowest BCUT2D eigenvalue weighted by atomic mass is 9.89. The lowest BCUT2D eigenvalue weighted by molar-refractivity contribution is -0.00208. The average Bonchev–Trinajstić information content (AvgIpc) is 2.63. The zero-order chi connectivity index (χ0) is 17.2. The molecule has 2 rings (SSSR count). The van der Waals surface area contributed by atoms with Crippen LogP contribution >= 0.6 is 0 Å². The van der Waals surface area contributed by atoms with Crippen molar-refractivity contribution in [3.63, 3.8) is 0 Å². The molecule has 3 atom stereocenters. The van der Waals surface area contributed by atoms with E-state index in [1.165, 1.54) is 49.7 Å². The molecule has 0 aliphatic carbocycles. The molecule has 1 aromatic rings. The molecule has 1 fully saturated rings. The van der Waals surface area contributed by atoms with Crippen LogP contribution in [-0.4, -0.2) is 38.1 Å². The van der Waals surface area contributed by atoms with Gasteiger partial charge in [-0.3, -0.25) is 0 Å². The van der Waals surface area contributed by atoms with Gasteiger partial charge in [0, 0.05) is 25.6 Å². The molecule has 0 radical (unpaired) electrons. The number of rotatable bonds is 10. The van der Waals surface area contributed by atoms with Gasteiger partial charge in [-0.2, -0.15) is 0 Å². The standard InChI is InChI=1S/C21H34O3/c1-3-4-5-6-21-12-11-20(16-24-21)19-9-7-17(8-10-19)13-18(14-22)15-23-2/h7-10,18,20-22H,3-6,11-16H2,1-2H3. The number of benzene rings is 1. The van der Waals surface area contributed by atoms with Gasteiger partial charge in [0.25, 0.3) is 0 Å². The summed E-state index contributed by atoms with van der Waals surface area (Å²) in [5.74, 6) is 0.719. The van der Waals surface area contributed by atoms with Gasteiger partial charge in [-0.15, -0.1) is 0 Å². The molecule has 1 saturated heterocycles. The maximum atomic E-state index is 9.38. The molecule has 1 aliphatic heterocycles. The summed E-state index contributed by atoms with van der Waals surface area (Å²) >= 11 is 0. The third kappa shape index (κ3) is 6.19. The Hall–Kier alpha value is -0.900. The molecule has 136 valence electrons. The fraction of sp³-hybridized carbons (Fsp3) is 0.714. The monoisotopic (exact) mass is 334 g/mol. The van der Waals surface area contributed by atoms with Crippen LogP contribution in [0.2, 0.25) is 0 Å². The Labute approximate surface area is 147 Å². The summed E-state index contributed by atoms with van der Waals surface area (Å²) in [4.78, 5) is 0. The molecule has 1 heterocycles. The SMILES string of the molecule is CCCCCC1CCC(c2ccc(CC(CO)COC)cc2)CO1. The Bertz CT molecular complexity index is 435. The summed E-state index contributed by atoms with van der Waals surface area (Å²) in [5.41, 5.74) is 2.65. The molecule has 3 nitrogen and oxygen atoms in total. The number of ether oxygens (including phenoxy) is 2. The van der Waals surface area contributed by atoms with Gasteiger partial charge in [0.2, 0.25) is 0 Å². The topological polar surface area (TPSA) is 38.7 Å². The van der Waals surface area contributed by atoms with Crippen molar-refractivity contribution in [1.29, 1.82) is 0 Å². The first-order chi connectivity index (χ1) is 11.8. The molecule has 1 aromatic carbocycles. The van der Waals surface area contributed by atoms with Crippen LogP contribution < -0.4 is 0 Å². The summed E-state index contributed by atoms with van der Waals surface area (Å²) in [7, 11) is 1.68. The van der Waals surface area contributed by atoms with E-state index in [0.717, 1.165) is 13.0 Å². The van der Waals surface area contributed by atoms with Gasteiger partial charge in [-0.05, 0) is 36.8 Å². The van der Waals surface area contributed by atoms with Gasteiger partial charge in [0.05, 0.1) is 19.3 Å². The Morgan fingerprint density at radius 3 is 2.58 bits per heavy atom. The lowest BCUT2D eigenvalue weighted by Gasteiger charge is -2.29. The zero-order valence-electron chi connectivity index (χ0n) is 15.4. The second-order valence-corrected chi connectivity index (χ2v) is 7.18. The predicted molar refractivity (Wildman–Crippen MR) is 98.5 cm³/mol. The van der Waals surface area contributed by atoms with Crippen molar-refractivity contribution in [2.24, 2.45) is 5.92 Å². The fourth-order valence-corrected chi connectivity index (χ4v) is 3.59. The second-order valence-electron chi connectivity index (χ2n) is 7.18. The van der Waals surface area contributed by atoms with Gasteiger partial charge < -0.3 is 14.6 Å². The smallest absolute Gasteiger partial charge is 0.0575 e. The molecule has 3 heteroatoms. The van der Waals surface area contributed by atoms with Crippen LogP contribution in [0.1, 0.15) is 62.5 Å². The van der Waals surface area contributed by atoms with Crippen LogP contribution in [0.25, 0.3) is 0 Å². The van der Waals surface area contributed by atoms with Crippen molar-refractivity contribution < 1.29 is 14.6 Å². The summed E-state index contributed by atoms with van der Waals surface area (Å²) in [5, 5.41) is 9.38. The molecule has 1 N–H and O–H groups in total. The van der Waals surface area contributed by atoms with E-state index in [0.29, 0.717) is 18.6 Å². The first-order valence-corrected chi connectivity index (χ1v) is 9.57. The van der Waals surface area contributed by atoms with Gasteiger partial charge in [-0.25, -0.2) is 0 Å². The quantitative estimate of drug-likeness (QED) is 0.647. The Kier molecular flexibility index (Phi) is 8.79. The Morgan fingerprint density at radius 1 is 1.21 bits per heavy atom. The summed E-state index contributed by atoms with van der Waals surface area (Å²) in [6, 6.07) is 8.87. The van der Waals surface area contributed by atoms with Gasteiger partial charge in [-0.1, -0.05) is 50.5 Å². The molecular weight excluding hydrogens is 300 g/mol. The van der Waals surface area contributed by atoms with E-state index in [9.17, 15) is 5.11 Å². The lowest BCUT2D eigenvalue weighted by Crippen LogP contribution is -2.24. The van der Waals surface area contributed by atoms with Gasteiger partial charge in [0.15, 0.2) is 0 Å². The highest BCUT2D eigenvalue weighted by Gasteiger charge is 2.22. The number of hydrogen-bond acceptors (Lipinski definition) is 3. The van der Waals surface area contributed by atoms with Crippen LogP contribution in [-0.2, 0) is 15.9 Å². The minimum atomic E-state index is 0.172. The molecule has 3 unspecified atom stereocenters. The van der Waals surface area contributed by atoms with Crippen molar-refractivity contribution in [1.82, 2.24) is 0 Å². The van der Waals surface area contributed by atoms with Gasteiger partial charge in [0.1, 0.15) is 0 Å². The molecular formula is C21H34O3. The minimum absolute atomic E-state index is 0.172. The largest absolute Gasteiger partial charge is 0.396 e. The number of aliphatic hydroxyl groups is 1. The van der Waals surface area contributed by atoms with Crippen LogP contribution in [0, 0.1) is 5.92 Å². The van der Waals surface area contributed by atoms with E-state index in [-0.39, 0.29) is 12.5 Å². The van der Waals surface area contributed by atoms with E-state index in [1.54, 1.807) is 7.11 Å². The van der Waals surface area contributed by atoms with E-state index >= 15 is 0 Å². The molecule has 0 saturated carbocycles. The highest BCUT2D eigenvalue weighted by atomic mass is 16.5. The third-order valence-corrected chi connectivity index (χ3v) is 5.14. The third-order valence-electron chi connectivity index (χ3n) is 5.14. The molecule has 0 bridgehead atoms. The Balaban J connectivity index is 1.79. The molecule has 1 aliphatic rings. The maximum absolute atomic E-state index is 9.38. The number of hydrogen-bond donors (Lipinski definition) is 1. The van der Waals surface area contributed by atoms with Crippen molar-refractivity contribution in [3.05, 3.63) is 35.4 Å². The predicted octanol–water partition coefficient (Wildman–Crippen LogP) is 4.33. The second kappa shape index (κ2) is 10.9. The normalized spacial score (nSPS) is 22.5. The number of aliphatic hydroxyl groups excluding tert-OH is 1. The molecule has 0 amide bonds. The van der Waals surface area contributed by atoms with E-state index < -0.39 is 0 Å². The van der Waals surface area contributed by atoms with E-state index in [1.807, 2.05) is 0 Å². The van der Waals surface area contributed by atoms with Crippen molar-refractivity contribution in [2.75, 3.05) is 26.9 Å². The van der Waals surface area contributed by atoms with Crippen LogP contribution in [0.3, 0.4) is 0 Å². The van der Waals surface area contributed by atoms with Crippen LogP contribution in [0.5, 0.6) is 0 Å². The van der Waals surface area contributed by atoms with E-state index in [4.69, 9.17) is 9.47 Å². The van der Waals surface area contributed by atoms with Gasteiger partial charge >= 0.3 is 0 Å². The van der Waals surface area contributed by atoms with Crippen LogP contribution in [0.15, 0.2) is 24.3 Å². The highest BCUT2D eigenvalue weighted by Crippen LogP contribution is 2.30. The maximum Gasteiger partial charge on any atom is 0.0575 e. The molecule has 24 heavy (non-hydrogen) atoms. The van der Waals surface area contributed by atoms with Crippen molar-refractivity contribution in [2.45, 2.75) is 63.9 Å². The fourth-order valence-electron chi connectivity index (χ4n) is 3.59. The highest BCUT2D eigenvalue weighted by molar-refractivity contribution is 5.26. The van der Waals surface area contributed by atoms with E-state index in [2.05, 4.69) is 31.2 Å². The number of unbranched alkanes of at least 4 members (excludes halogenated alkanes) is 2. The first kappa shape index (κ1) is 19.4. The first-order valence-electron chi connectivity index (χ1n) is 9.57. The summed E-state index contributed by atoms with van der Waals surface area (Å²) in [6.07, 6.45) is 8.90. The average molecular weight is 335 g/mol. The summed E-state index contributed by atoms with van der Waals surface area (Å²) in [6.45, 7) is 3.89. The Morgan fingerprint density at radius 2 is 2.00 bits per heavy atom. The summed E-state index contributed by atoms with van der Waals surface area (Å²) < 4.78 is 11.2. The van der Waals surface area contributed by atoms with Crippen molar-refractivity contribution in [3.8, 4) is 0 Å².